The van der Waals surface area contributed by atoms with Gasteiger partial charge in [-0.2, -0.15) is 0 Å². The highest BCUT2D eigenvalue weighted by Gasteiger charge is 2.10. The zero-order valence-electron chi connectivity index (χ0n) is 13.9. The molecule has 0 fully saturated rings. The van der Waals surface area contributed by atoms with Gasteiger partial charge >= 0.3 is 0 Å². The quantitative estimate of drug-likeness (QED) is 0.654. The molecule has 0 atom stereocenters. The van der Waals surface area contributed by atoms with Gasteiger partial charge in [-0.05, 0) is 19.1 Å². The van der Waals surface area contributed by atoms with E-state index < -0.39 is 0 Å². The van der Waals surface area contributed by atoms with Crippen LogP contribution in [0.25, 0.3) is 11.3 Å². The molecule has 0 aliphatic heterocycles. The summed E-state index contributed by atoms with van der Waals surface area (Å²) in [7, 11) is 0. The molecule has 3 aromatic rings. The van der Waals surface area contributed by atoms with Crippen molar-refractivity contribution in [3.63, 3.8) is 0 Å². The fraction of sp³-hybridized carbons (Fsp3) is 0.150. The third-order valence-corrected chi connectivity index (χ3v) is 4.51. The van der Waals surface area contributed by atoms with Crippen molar-refractivity contribution in [1.29, 1.82) is 0 Å². The van der Waals surface area contributed by atoms with Crippen molar-refractivity contribution >= 4 is 28.7 Å². The van der Waals surface area contributed by atoms with Crippen LogP contribution in [-0.4, -0.2) is 16.7 Å². The van der Waals surface area contributed by atoms with Crippen LogP contribution >= 0.6 is 11.3 Å². The molecule has 0 radical (unpaired) electrons. The van der Waals surface area contributed by atoms with Crippen molar-refractivity contribution in [2.45, 2.75) is 19.8 Å². The van der Waals surface area contributed by atoms with Crippen molar-refractivity contribution < 1.29 is 9.59 Å². The van der Waals surface area contributed by atoms with Crippen LogP contribution in [-0.2, 0) is 4.79 Å². The smallest absolute Gasteiger partial charge is 0.224 e. The molecule has 1 N–H and O–H groups in total. The number of aromatic nitrogens is 1. The zero-order valence-corrected chi connectivity index (χ0v) is 14.7. The van der Waals surface area contributed by atoms with Crippen molar-refractivity contribution in [2.75, 3.05) is 5.32 Å². The zero-order chi connectivity index (χ0) is 17.6. The summed E-state index contributed by atoms with van der Waals surface area (Å²) >= 11 is 1.59. The number of Topliss-reactive ketones (excluding diaryl/α,β-unsaturated/α-hetero) is 1. The maximum absolute atomic E-state index is 12.1. The molecule has 0 spiro atoms. The molecule has 0 unspecified atom stereocenters. The van der Waals surface area contributed by atoms with Crippen molar-refractivity contribution in [2.24, 2.45) is 0 Å². The highest BCUT2D eigenvalue weighted by Crippen LogP contribution is 2.24. The molecule has 1 heterocycles. The average molecular weight is 350 g/mol. The van der Waals surface area contributed by atoms with Crippen LogP contribution < -0.4 is 5.32 Å². The van der Waals surface area contributed by atoms with Gasteiger partial charge in [0.2, 0.25) is 5.91 Å². The number of benzene rings is 2. The third-order valence-electron chi connectivity index (χ3n) is 3.74. The van der Waals surface area contributed by atoms with Crippen LogP contribution in [0.4, 0.5) is 5.69 Å². The van der Waals surface area contributed by atoms with E-state index >= 15 is 0 Å². The summed E-state index contributed by atoms with van der Waals surface area (Å²) in [5.41, 5.74) is 3.21. The van der Waals surface area contributed by atoms with Crippen molar-refractivity contribution in [3.8, 4) is 11.3 Å². The number of rotatable bonds is 6. The molecule has 0 aliphatic carbocycles. The molecule has 0 saturated carbocycles. The monoisotopic (exact) mass is 350 g/mol. The standard InChI is InChI=1S/C20H18N2O2S/c1-14-21-18(13-25-14)16-8-5-9-17(12-16)22-20(24)11-10-19(23)15-6-3-2-4-7-15/h2-9,12-13H,10-11H2,1H3,(H,22,24). The summed E-state index contributed by atoms with van der Waals surface area (Å²) in [6.07, 6.45) is 0.356. The van der Waals surface area contributed by atoms with Gasteiger partial charge in [0.25, 0.3) is 0 Å². The van der Waals surface area contributed by atoms with E-state index in [1.54, 1.807) is 23.5 Å². The van der Waals surface area contributed by atoms with Crippen LogP contribution in [0.1, 0.15) is 28.2 Å². The van der Waals surface area contributed by atoms with Crippen molar-refractivity contribution in [3.05, 3.63) is 70.5 Å². The molecule has 5 heteroatoms. The van der Waals surface area contributed by atoms with Gasteiger partial charge in [0, 0.05) is 35.0 Å². The molecule has 0 saturated heterocycles. The Morgan fingerprint density at radius 1 is 1.04 bits per heavy atom. The van der Waals surface area contributed by atoms with E-state index in [9.17, 15) is 9.59 Å². The number of carbonyl (C=O) groups excluding carboxylic acids is 2. The lowest BCUT2D eigenvalue weighted by atomic mass is 10.1. The number of amides is 1. The minimum atomic E-state index is -0.170. The Balaban J connectivity index is 1.59. The molecule has 0 bridgehead atoms. The number of hydrogen-bond donors (Lipinski definition) is 1. The first kappa shape index (κ1) is 17.0. The van der Waals surface area contributed by atoms with E-state index in [0.717, 1.165) is 16.3 Å². The van der Waals surface area contributed by atoms with Gasteiger partial charge in [-0.3, -0.25) is 9.59 Å². The molecule has 4 nitrogen and oxygen atoms in total. The summed E-state index contributed by atoms with van der Waals surface area (Å²) in [4.78, 5) is 28.6. The summed E-state index contributed by atoms with van der Waals surface area (Å²) in [5, 5.41) is 5.85. The Bertz CT molecular complexity index is 887. The molecule has 126 valence electrons. The molecular weight excluding hydrogens is 332 g/mol. The number of nitrogens with one attached hydrogen (secondary N) is 1. The Morgan fingerprint density at radius 3 is 2.56 bits per heavy atom. The summed E-state index contributed by atoms with van der Waals surface area (Å²) in [6.45, 7) is 1.96. The molecular formula is C20H18N2O2S. The van der Waals surface area contributed by atoms with Gasteiger partial charge in [0.15, 0.2) is 5.78 Å². The second kappa shape index (κ2) is 7.85. The van der Waals surface area contributed by atoms with Gasteiger partial charge in [-0.1, -0.05) is 42.5 Å². The Hall–Kier alpha value is -2.79. The van der Waals surface area contributed by atoms with Crippen LogP contribution in [0, 0.1) is 6.92 Å². The lowest BCUT2D eigenvalue weighted by molar-refractivity contribution is -0.116. The first-order valence-corrected chi connectivity index (χ1v) is 8.90. The van der Waals surface area contributed by atoms with E-state index in [1.807, 2.05) is 54.8 Å². The largest absolute Gasteiger partial charge is 0.326 e. The van der Waals surface area contributed by atoms with Crippen LogP contribution in [0.3, 0.4) is 0 Å². The Kier molecular flexibility index (Phi) is 5.36. The summed E-state index contributed by atoms with van der Waals surface area (Å²) in [5.74, 6) is -0.196. The number of ketones is 1. The van der Waals surface area contributed by atoms with Gasteiger partial charge in [-0.15, -0.1) is 11.3 Å². The second-order valence-corrected chi connectivity index (χ2v) is 6.73. The van der Waals surface area contributed by atoms with Crippen LogP contribution in [0.2, 0.25) is 0 Å². The highest BCUT2D eigenvalue weighted by atomic mass is 32.1. The number of anilines is 1. The van der Waals surface area contributed by atoms with Gasteiger partial charge in [-0.25, -0.2) is 4.98 Å². The van der Waals surface area contributed by atoms with E-state index in [4.69, 9.17) is 0 Å². The number of carbonyl (C=O) groups is 2. The first-order valence-electron chi connectivity index (χ1n) is 8.02. The van der Waals surface area contributed by atoms with Gasteiger partial charge in [0.05, 0.1) is 10.7 Å². The molecule has 25 heavy (non-hydrogen) atoms. The highest BCUT2D eigenvalue weighted by molar-refractivity contribution is 7.09. The number of nitrogens with zero attached hydrogens (tertiary/aromatic N) is 1. The molecule has 0 aliphatic rings. The van der Waals surface area contributed by atoms with Crippen LogP contribution in [0.5, 0.6) is 0 Å². The second-order valence-electron chi connectivity index (χ2n) is 5.67. The van der Waals surface area contributed by atoms with Gasteiger partial charge in [0.1, 0.15) is 0 Å². The minimum absolute atomic E-state index is 0.0255. The van der Waals surface area contributed by atoms with E-state index in [1.165, 1.54) is 0 Å². The summed E-state index contributed by atoms with van der Waals surface area (Å²) in [6, 6.07) is 16.6. The predicted molar refractivity (Wildman–Crippen MR) is 101 cm³/mol. The molecule has 1 amide bonds. The van der Waals surface area contributed by atoms with E-state index in [-0.39, 0.29) is 24.5 Å². The van der Waals surface area contributed by atoms with E-state index in [2.05, 4.69) is 10.3 Å². The van der Waals surface area contributed by atoms with Crippen LogP contribution in [0.15, 0.2) is 60.0 Å². The van der Waals surface area contributed by atoms with E-state index in [0.29, 0.717) is 11.3 Å². The molecule has 3 rings (SSSR count). The molecule has 1 aromatic heterocycles. The summed E-state index contributed by atoms with van der Waals surface area (Å²) < 4.78 is 0. The molecule has 2 aromatic carbocycles. The Morgan fingerprint density at radius 2 is 1.84 bits per heavy atom. The fourth-order valence-electron chi connectivity index (χ4n) is 2.47. The lowest BCUT2D eigenvalue weighted by Gasteiger charge is -2.06. The first-order chi connectivity index (χ1) is 12.1. The number of thiazole rings is 1. The fourth-order valence-corrected chi connectivity index (χ4v) is 3.09. The third kappa shape index (κ3) is 4.61. The maximum atomic E-state index is 12.1. The average Bonchev–Trinajstić information content (AvgIpc) is 3.07. The normalized spacial score (nSPS) is 10.4. The minimum Gasteiger partial charge on any atom is -0.326 e. The topological polar surface area (TPSA) is 59.1 Å². The number of hydrogen-bond acceptors (Lipinski definition) is 4. The predicted octanol–water partition coefficient (Wildman–Crippen LogP) is 4.72. The van der Waals surface area contributed by atoms with Gasteiger partial charge < -0.3 is 5.32 Å². The maximum Gasteiger partial charge on any atom is 0.224 e. The van der Waals surface area contributed by atoms with Crippen molar-refractivity contribution in [1.82, 2.24) is 4.98 Å². The lowest BCUT2D eigenvalue weighted by Crippen LogP contribution is -2.13. The SMILES string of the molecule is Cc1nc(-c2cccc(NC(=O)CCC(=O)c3ccccc3)c2)cs1. The Labute approximate surface area is 150 Å². The number of aryl methyl sites for hydroxylation is 1.